The molecule has 37 heavy (non-hydrogen) atoms. The fourth-order valence-corrected chi connectivity index (χ4v) is 8.04. The van der Waals surface area contributed by atoms with E-state index in [4.69, 9.17) is 9.15 Å². The maximum absolute atomic E-state index is 13.6. The van der Waals surface area contributed by atoms with E-state index in [1.54, 1.807) is 45.2 Å². The molecule has 3 fully saturated rings. The van der Waals surface area contributed by atoms with E-state index in [1.807, 2.05) is 6.92 Å². The van der Waals surface area contributed by atoms with Crippen LogP contribution in [0.1, 0.15) is 85.0 Å². The van der Waals surface area contributed by atoms with E-state index in [9.17, 15) is 19.5 Å². The van der Waals surface area contributed by atoms with E-state index in [1.165, 1.54) is 0 Å². The topological polar surface area (TPSA) is 93.8 Å². The minimum absolute atomic E-state index is 0.0762. The Bertz CT molecular complexity index is 1230. The standard InChI is InChI=1S/C31H42O6/c1-18-9-10-25(37-27(18)34)31(7,35)16-11-21(36-8)19(2)26-20(32)17-23-29(5)15-13-24(33)28(3,4)22(29)12-14-30(23,26)6/h9-11,16,21-23,35H,12-15,17H2,1-8H3. The lowest BCUT2D eigenvalue weighted by atomic mass is 9.43. The first kappa shape index (κ1) is 27.7. The van der Waals surface area contributed by atoms with Gasteiger partial charge in [0.05, 0.1) is 6.10 Å². The van der Waals surface area contributed by atoms with Gasteiger partial charge in [-0.2, -0.15) is 0 Å². The largest absolute Gasteiger partial charge is 0.424 e. The molecule has 0 aromatic carbocycles. The Morgan fingerprint density at radius 2 is 1.84 bits per heavy atom. The fraction of sp³-hybridized carbons (Fsp3) is 0.645. The summed E-state index contributed by atoms with van der Waals surface area (Å²) in [4.78, 5) is 38.4. The molecule has 3 aliphatic carbocycles. The lowest BCUT2D eigenvalue weighted by molar-refractivity contribution is -0.154. The molecule has 0 aliphatic heterocycles. The third-order valence-electron chi connectivity index (χ3n) is 10.2. The number of carbonyl (C=O) groups excluding carboxylic acids is 2. The number of ketones is 2. The number of aliphatic hydroxyl groups is 1. The molecule has 0 bridgehead atoms. The molecule has 0 amide bonds. The highest BCUT2D eigenvalue weighted by Gasteiger charge is 2.64. The van der Waals surface area contributed by atoms with Crippen molar-refractivity contribution in [1.82, 2.24) is 0 Å². The van der Waals surface area contributed by atoms with Crippen molar-refractivity contribution in [1.29, 1.82) is 0 Å². The van der Waals surface area contributed by atoms with Crippen LogP contribution in [0.3, 0.4) is 0 Å². The van der Waals surface area contributed by atoms with Crippen molar-refractivity contribution >= 4 is 11.6 Å². The Hall–Kier alpha value is -2.31. The first-order valence-electron chi connectivity index (χ1n) is 13.4. The number of carbonyl (C=O) groups is 2. The summed E-state index contributed by atoms with van der Waals surface area (Å²) in [7, 11) is 1.59. The molecule has 1 aromatic heterocycles. The van der Waals surface area contributed by atoms with Crippen molar-refractivity contribution in [3.8, 4) is 0 Å². The number of aryl methyl sites for hydroxylation is 1. The van der Waals surface area contributed by atoms with Gasteiger partial charge in [-0.25, -0.2) is 4.79 Å². The van der Waals surface area contributed by atoms with Crippen molar-refractivity contribution in [3.63, 3.8) is 0 Å². The molecule has 3 aliphatic rings. The molecule has 6 heteroatoms. The van der Waals surface area contributed by atoms with Gasteiger partial charge in [0.2, 0.25) is 0 Å². The lowest BCUT2D eigenvalue weighted by Crippen LogP contribution is -2.56. The second-order valence-corrected chi connectivity index (χ2v) is 12.8. The van der Waals surface area contributed by atoms with Crippen LogP contribution in [0, 0.1) is 35.0 Å². The summed E-state index contributed by atoms with van der Waals surface area (Å²) in [6, 6.07) is 3.22. The number of hydrogen-bond donors (Lipinski definition) is 1. The summed E-state index contributed by atoms with van der Waals surface area (Å²) in [5.74, 6) is 1.09. The number of ether oxygens (including phenoxy) is 1. The number of Topliss-reactive ketones (excluding diaryl/α,β-unsaturated/α-hetero) is 2. The normalized spacial score (nSPS) is 35.2. The van der Waals surface area contributed by atoms with Crippen LogP contribution in [0.25, 0.3) is 0 Å². The second-order valence-electron chi connectivity index (χ2n) is 12.8. The van der Waals surface area contributed by atoms with Crippen LogP contribution in [-0.2, 0) is 19.9 Å². The average Bonchev–Trinajstić information content (AvgIpc) is 3.09. The van der Waals surface area contributed by atoms with Gasteiger partial charge in [-0.05, 0) is 86.5 Å². The Kier molecular flexibility index (Phi) is 6.86. The molecule has 6 unspecified atom stereocenters. The molecule has 1 heterocycles. The smallest absolute Gasteiger partial charge is 0.338 e. The third kappa shape index (κ3) is 4.30. The van der Waals surface area contributed by atoms with Gasteiger partial charge in [0.1, 0.15) is 17.1 Å². The molecule has 4 rings (SSSR count). The molecule has 0 spiro atoms. The molecule has 3 saturated carbocycles. The zero-order valence-electron chi connectivity index (χ0n) is 23.6. The quantitative estimate of drug-likeness (QED) is 0.419. The molecule has 0 radical (unpaired) electrons. The van der Waals surface area contributed by atoms with E-state index in [2.05, 4.69) is 27.7 Å². The van der Waals surface area contributed by atoms with Crippen LogP contribution >= 0.6 is 0 Å². The van der Waals surface area contributed by atoms with Crippen molar-refractivity contribution in [3.05, 3.63) is 57.2 Å². The van der Waals surface area contributed by atoms with E-state index in [0.717, 1.165) is 30.4 Å². The van der Waals surface area contributed by atoms with Crippen LogP contribution in [0.4, 0.5) is 0 Å². The van der Waals surface area contributed by atoms with Crippen LogP contribution in [0.15, 0.2) is 44.6 Å². The van der Waals surface area contributed by atoms with Gasteiger partial charge < -0.3 is 14.3 Å². The SMILES string of the molecule is COC(C=CC(C)(O)c1ccc(C)c(=O)o1)C(C)=C1C(=O)CC2C1(C)CCC1C(C)(C)C(=O)CCC12C. The predicted molar refractivity (Wildman–Crippen MR) is 142 cm³/mol. The molecule has 1 N–H and O–H groups in total. The predicted octanol–water partition coefficient (Wildman–Crippen LogP) is 5.44. The minimum Gasteiger partial charge on any atom is -0.424 e. The van der Waals surface area contributed by atoms with E-state index in [0.29, 0.717) is 24.2 Å². The highest BCUT2D eigenvalue weighted by molar-refractivity contribution is 6.00. The van der Waals surface area contributed by atoms with Gasteiger partial charge in [0.15, 0.2) is 5.78 Å². The first-order valence-corrected chi connectivity index (χ1v) is 13.4. The number of fused-ring (bicyclic) bond motifs is 3. The van der Waals surface area contributed by atoms with Crippen LogP contribution in [0.5, 0.6) is 0 Å². The highest BCUT2D eigenvalue weighted by Crippen LogP contribution is 2.68. The van der Waals surface area contributed by atoms with E-state index < -0.39 is 17.3 Å². The zero-order valence-corrected chi connectivity index (χ0v) is 23.6. The monoisotopic (exact) mass is 510 g/mol. The van der Waals surface area contributed by atoms with E-state index >= 15 is 0 Å². The molecule has 6 atom stereocenters. The number of allylic oxidation sites excluding steroid dienone is 1. The van der Waals surface area contributed by atoms with Crippen molar-refractivity contribution in [2.75, 3.05) is 7.11 Å². The van der Waals surface area contributed by atoms with Crippen LogP contribution in [0.2, 0.25) is 0 Å². The lowest BCUT2D eigenvalue weighted by Gasteiger charge is -2.60. The van der Waals surface area contributed by atoms with E-state index in [-0.39, 0.29) is 39.6 Å². The maximum Gasteiger partial charge on any atom is 0.338 e. The van der Waals surface area contributed by atoms with Crippen molar-refractivity contribution in [2.24, 2.45) is 28.1 Å². The van der Waals surface area contributed by atoms with Crippen molar-refractivity contribution in [2.45, 2.75) is 92.3 Å². The molecule has 1 aromatic rings. The van der Waals surface area contributed by atoms with Gasteiger partial charge in [-0.3, -0.25) is 9.59 Å². The van der Waals surface area contributed by atoms with Gasteiger partial charge >= 0.3 is 5.63 Å². The number of rotatable bonds is 5. The summed E-state index contributed by atoms with van der Waals surface area (Å²) in [6.45, 7) is 13.9. The van der Waals surface area contributed by atoms with Gasteiger partial charge in [0.25, 0.3) is 0 Å². The molecule has 202 valence electrons. The Labute approximate surface area is 220 Å². The van der Waals surface area contributed by atoms with Gasteiger partial charge in [0, 0.05) is 36.5 Å². The zero-order chi connectivity index (χ0) is 27.6. The van der Waals surface area contributed by atoms with Crippen LogP contribution < -0.4 is 5.63 Å². The summed E-state index contributed by atoms with van der Waals surface area (Å²) in [6.07, 6.45) is 6.46. The summed E-state index contributed by atoms with van der Waals surface area (Å²) in [5, 5.41) is 11.0. The Balaban J connectivity index is 1.69. The molecular weight excluding hydrogens is 468 g/mol. The first-order chi connectivity index (χ1) is 17.1. The van der Waals surface area contributed by atoms with Gasteiger partial charge in [-0.1, -0.05) is 33.8 Å². The molecular formula is C31H42O6. The third-order valence-corrected chi connectivity index (χ3v) is 10.2. The fourth-order valence-electron chi connectivity index (χ4n) is 8.04. The Morgan fingerprint density at radius 3 is 2.46 bits per heavy atom. The number of hydrogen-bond acceptors (Lipinski definition) is 6. The molecule has 6 nitrogen and oxygen atoms in total. The maximum atomic E-state index is 13.6. The molecule has 0 saturated heterocycles. The minimum atomic E-state index is -1.52. The summed E-state index contributed by atoms with van der Waals surface area (Å²) >= 11 is 0. The van der Waals surface area contributed by atoms with Crippen molar-refractivity contribution < 1.29 is 23.8 Å². The second kappa shape index (κ2) is 9.16. The Morgan fingerprint density at radius 1 is 1.16 bits per heavy atom. The number of methoxy groups -OCH3 is 1. The van der Waals surface area contributed by atoms with Crippen LogP contribution in [-0.4, -0.2) is 29.9 Å². The highest BCUT2D eigenvalue weighted by atomic mass is 16.5. The average molecular weight is 511 g/mol. The summed E-state index contributed by atoms with van der Waals surface area (Å²) < 4.78 is 11.1. The van der Waals surface area contributed by atoms with Gasteiger partial charge in [-0.15, -0.1) is 0 Å². The summed E-state index contributed by atoms with van der Waals surface area (Å²) in [5.41, 5.74) is -0.587.